The van der Waals surface area contributed by atoms with Crippen molar-refractivity contribution >= 4 is 22.2 Å². The molecular weight excluding hydrogens is 194 g/mol. The van der Waals surface area contributed by atoms with Crippen LogP contribution in [0.4, 0.5) is 10.8 Å². The lowest BCUT2D eigenvalue weighted by Crippen LogP contribution is -2.01. The number of nitrogen functional groups attached to an aromatic ring is 1. The lowest BCUT2D eigenvalue weighted by Gasteiger charge is -2.05. The summed E-state index contributed by atoms with van der Waals surface area (Å²) in [6.07, 6.45) is 1.78. The summed E-state index contributed by atoms with van der Waals surface area (Å²) < 4.78 is 0. The zero-order valence-electron chi connectivity index (χ0n) is 7.60. The van der Waals surface area contributed by atoms with Crippen molar-refractivity contribution in [2.24, 2.45) is 0 Å². The highest BCUT2D eigenvalue weighted by molar-refractivity contribution is 7.13. The van der Waals surface area contributed by atoms with Crippen molar-refractivity contribution in [1.82, 2.24) is 4.98 Å². The van der Waals surface area contributed by atoms with Crippen LogP contribution in [0.15, 0.2) is 35.8 Å². The molecule has 3 N–H and O–H groups in total. The Hall–Kier alpha value is -1.55. The van der Waals surface area contributed by atoms with E-state index < -0.39 is 0 Å². The molecule has 0 bridgehead atoms. The average molecular weight is 205 g/mol. The number of nitrogens with one attached hydrogen (secondary N) is 1. The third-order valence-corrected chi connectivity index (χ3v) is 2.65. The second-order valence-corrected chi connectivity index (χ2v) is 3.78. The summed E-state index contributed by atoms with van der Waals surface area (Å²) in [5, 5.41) is 6.07. The van der Waals surface area contributed by atoms with Crippen molar-refractivity contribution in [3.8, 4) is 0 Å². The topological polar surface area (TPSA) is 50.9 Å². The number of thiazole rings is 1. The molecule has 1 aromatic heterocycles. The molecule has 0 saturated heterocycles. The maximum Gasteiger partial charge on any atom is 0.182 e. The second kappa shape index (κ2) is 4.11. The van der Waals surface area contributed by atoms with E-state index in [0.717, 1.165) is 22.9 Å². The number of hydrogen-bond acceptors (Lipinski definition) is 4. The Labute approximate surface area is 86.6 Å². The molecule has 72 valence electrons. The lowest BCUT2D eigenvalue weighted by atomic mass is 10.2. The first kappa shape index (κ1) is 9.02. The van der Waals surface area contributed by atoms with E-state index in [0.29, 0.717) is 0 Å². The van der Waals surface area contributed by atoms with Crippen LogP contribution in [0.1, 0.15) is 5.56 Å². The van der Waals surface area contributed by atoms with Gasteiger partial charge in [0.15, 0.2) is 5.13 Å². The van der Waals surface area contributed by atoms with Crippen molar-refractivity contribution in [3.63, 3.8) is 0 Å². The molecule has 0 fully saturated rings. The predicted octanol–water partition coefficient (Wildman–Crippen LogP) is 2.34. The molecule has 0 spiro atoms. The van der Waals surface area contributed by atoms with Crippen LogP contribution in [0.2, 0.25) is 0 Å². The van der Waals surface area contributed by atoms with Gasteiger partial charge in [0.2, 0.25) is 0 Å². The van der Waals surface area contributed by atoms with Crippen molar-refractivity contribution in [2.45, 2.75) is 6.54 Å². The number of rotatable bonds is 3. The average Bonchev–Trinajstić information content (AvgIpc) is 2.69. The van der Waals surface area contributed by atoms with Crippen LogP contribution in [0.3, 0.4) is 0 Å². The number of hydrogen-bond donors (Lipinski definition) is 2. The van der Waals surface area contributed by atoms with E-state index >= 15 is 0 Å². The molecule has 3 nitrogen and oxygen atoms in total. The monoisotopic (exact) mass is 205 g/mol. The van der Waals surface area contributed by atoms with Gasteiger partial charge in [-0.05, 0) is 11.6 Å². The van der Waals surface area contributed by atoms with Gasteiger partial charge in [-0.15, -0.1) is 11.3 Å². The number of para-hydroxylation sites is 1. The molecule has 4 heteroatoms. The Kier molecular flexibility index (Phi) is 2.65. The third kappa shape index (κ3) is 2.03. The van der Waals surface area contributed by atoms with E-state index in [1.54, 1.807) is 17.5 Å². The molecule has 0 atom stereocenters. The third-order valence-electron chi connectivity index (χ3n) is 1.92. The highest BCUT2D eigenvalue weighted by atomic mass is 32.1. The molecule has 1 heterocycles. The SMILES string of the molecule is Nc1ccccc1CNc1nccs1. The highest BCUT2D eigenvalue weighted by Crippen LogP contribution is 2.15. The summed E-state index contributed by atoms with van der Waals surface area (Å²) in [6, 6.07) is 7.83. The van der Waals surface area contributed by atoms with Gasteiger partial charge in [-0.1, -0.05) is 18.2 Å². The minimum absolute atomic E-state index is 0.722. The first-order chi connectivity index (χ1) is 6.86. The molecule has 0 saturated carbocycles. The Morgan fingerprint density at radius 1 is 1.36 bits per heavy atom. The van der Waals surface area contributed by atoms with Crippen molar-refractivity contribution in [3.05, 3.63) is 41.4 Å². The van der Waals surface area contributed by atoms with Crippen LogP contribution in [0.25, 0.3) is 0 Å². The summed E-state index contributed by atoms with van der Waals surface area (Å²) in [7, 11) is 0. The summed E-state index contributed by atoms with van der Waals surface area (Å²) in [5.74, 6) is 0. The molecule has 0 radical (unpaired) electrons. The fraction of sp³-hybridized carbons (Fsp3) is 0.100. The number of nitrogens with two attached hydrogens (primary N) is 1. The predicted molar refractivity (Wildman–Crippen MR) is 60.3 cm³/mol. The fourth-order valence-electron chi connectivity index (χ4n) is 1.18. The zero-order valence-corrected chi connectivity index (χ0v) is 8.42. The number of benzene rings is 1. The van der Waals surface area contributed by atoms with Gasteiger partial charge in [0.25, 0.3) is 0 Å². The molecule has 2 rings (SSSR count). The summed E-state index contributed by atoms with van der Waals surface area (Å²) in [6.45, 7) is 0.722. The molecular formula is C10H11N3S. The molecule has 1 aromatic carbocycles. The van der Waals surface area contributed by atoms with E-state index in [2.05, 4.69) is 10.3 Å². The van der Waals surface area contributed by atoms with E-state index in [9.17, 15) is 0 Å². The van der Waals surface area contributed by atoms with Gasteiger partial charge in [0.1, 0.15) is 0 Å². The molecule has 0 aliphatic rings. The van der Waals surface area contributed by atoms with Gasteiger partial charge in [-0.2, -0.15) is 0 Å². The van der Waals surface area contributed by atoms with E-state index in [4.69, 9.17) is 5.73 Å². The molecule has 2 aromatic rings. The van der Waals surface area contributed by atoms with Crippen LogP contribution in [-0.2, 0) is 6.54 Å². The first-order valence-corrected chi connectivity index (χ1v) is 5.21. The lowest BCUT2D eigenvalue weighted by molar-refractivity contribution is 1.14. The van der Waals surface area contributed by atoms with Crippen LogP contribution in [-0.4, -0.2) is 4.98 Å². The van der Waals surface area contributed by atoms with Gasteiger partial charge in [0.05, 0.1) is 0 Å². The maximum absolute atomic E-state index is 5.80. The first-order valence-electron chi connectivity index (χ1n) is 4.33. The summed E-state index contributed by atoms with van der Waals surface area (Å²) in [5.41, 5.74) is 7.72. The molecule has 0 unspecified atom stereocenters. The molecule has 0 aliphatic heterocycles. The second-order valence-electron chi connectivity index (χ2n) is 2.89. The van der Waals surface area contributed by atoms with Gasteiger partial charge in [-0.25, -0.2) is 4.98 Å². The largest absolute Gasteiger partial charge is 0.398 e. The standard InChI is InChI=1S/C10H11N3S/c11-9-4-2-1-3-8(9)7-13-10-12-5-6-14-10/h1-6H,7,11H2,(H,12,13). The smallest absolute Gasteiger partial charge is 0.182 e. The molecule has 14 heavy (non-hydrogen) atoms. The van der Waals surface area contributed by atoms with E-state index in [1.165, 1.54) is 0 Å². The van der Waals surface area contributed by atoms with Gasteiger partial charge in [-0.3, -0.25) is 0 Å². The quantitative estimate of drug-likeness (QED) is 0.756. The van der Waals surface area contributed by atoms with E-state index in [1.807, 2.05) is 29.6 Å². The van der Waals surface area contributed by atoms with Crippen molar-refractivity contribution < 1.29 is 0 Å². The van der Waals surface area contributed by atoms with Gasteiger partial charge < -0.3 is 11.1 Å². The Bertz CT molecular complexity index is 398. The number of aromatic nitrogens is 1. The van der Waals surface area contributed by atoms with Crippen LogP contribution >= 0.6 is 11.3 Å². The fourth-order valence-corrected chi connectivity index (χ4v) is 1.70. The Balaban J connectivity index is 2.02. The number of anilines is 2. The Morgan fingerprint density at radius 2 is 2.21 bits per heavy atom. The maximum atomic E-state index is 5.80. The van der Waals surface area contributed by atoms with Gasteiger partial charge in [0, 0.05) is 23.8 Å². The van der Waals surface area contributed by atoms with Crippen molar-refractivity contribution in [1.29, 1.82) is 0 Å². The van der Waals surface area contributed by atoms with Crippen LogP contribution < -0.4 is 11.1 Å². The molecule has 0 aliphatic carbocycles. The molecule has 0 amide bonds. The highest BCUT2D eigenvalue weighted by Gasteiger charge is 1.98. The number of nitrogens with zero attached hydrogens (tertiary/aromatic N) is 1. The minimum Gasteiger partial charge on any atom is -0.398 e. The Morgan fingerprint density at radius 3 is 2.93 bits per heavy atom. The van der Waals surface area contributed by atoms with Crippen LogP contribution in [0, 0.1) is 0 Å². The van der Waals surface area contributed by atoms with Gasteiger partial charge >= 0.3 is 0 Å². The zero-order chi connectivity index (χ0) is 9.80. The summed E-state index contributed by atoms with van der Waals surface area (Å²) >= 11 is 1.58. The summed E-state index contributed by atoms with van der Waals surface area (Å²) in [4.78, 5) is 4.13. The van der Waals surface area contributed by atoms with Crippen molar-refractivity contribution in [2.75, 3.05) is 11.1 Å². The van der Waals surface area contributed by atoms with E-state index in [-0.39, 0.29) is 0 Å². The normalized spacial score (nSPS) is 10.0. The van der Waals surface area contributed by atoms with Crippen LogP contribution in [0.5, 0.6) is 0 Å². The minimum atomic E-state index is 0.722.